The zero-order valence-corrected chi connectivity index (χ0v) is 26.3. The molecule has 1 aromatic carbocycles. The zero-order valence-electron chi connectivity index (χ0n) is 25.5. The molecular weight excluding hydrogens is 599 g/mol. The van der Waals surface area contributed by atoms with Gasteiger partial charge in [0, 0.05) is 44.3 Å². The van der Waals surface area contributed by atoms with Crippen LogP contribution in [0.5, 0.6) is 0 Å². The molecule has 2 amide bonds. The standard InChI is InChI=1S/C31H40F3N3O6S/c1-17(2)25(37(5)27(39)14-21-6-7-21)15-26(43-19(4)38)29-36-24(16-44-29)28(40)35-23(12-18(3)30(41)42)13-20-8-10-22(11-9-20)31(32,33)34/h8-11,16-18,21,23,25-26H,6-7,12-15H2,1-5H3,(H,35,40)(H,41,42)/t18-,23+,25?,26+/m0/s1. The number of carboxylic acid groups (broad SMARTS) is 1. The number of benzene rings is 1. The molecule has 1 unspecified atom stereocenters. The largest absolute Gasteiger partial charge is 0.481 e. The summed E-state index contributed by atoms with van der Waals surface area (Å²) in [6, 6.07) is 3.52. The second kappa shape index (κ2) is 15.0. The fraction of sp³-hybridized carbons (Fsp3) is 0.581. The van der Waals surface area contributed by atoms with E-state index in [0.29, 0.717) is 22.9 Å². The average molecular weight is 640 g/mol. The third kappa shape index (κ3) is 10.3. The van der Waals surface area contributed by atoms with Gasteiger partial charge in [-0.3, -0.25) is 19.2 Å². The van der Waals surface area contributed by atoms with Gasteiger partial charge in [0.1, 0.15) is 10.7 Å². The van der Waals surface area contributed by atoms with E-state index in [2.05, 4.69) is 10.3 Å². The van der Waals surface area contributed by atoms with Crippen molar-refractivity contribution in [1.29, 1.82) is 0 Å². The minimum atomic E-state index is -4.49. The molecule has 2 aromatic rings. The SMILES string of the molecule is CC(=O)O[C@H](CC(C(C)C)N(C)C(=O)CC1CC1)c1nc(C(=O)N[C@@H](Cc2ccc(C(F)(F)F)cc2)C[C@H](C)C(=O)O)cs1. The molecule has 0 spiro atoms. The van der Waals surface area contributed by atoms with Gasteiger partial charge in [-0.1, -0.05) is 32.9 Å². The normalized spacial score (nSPS) is 16.1. The van der Waals surface area contributed by atoms with Gasteiger partial charge < -0.3 is 20.1 Å². The predicted octanol–water partition coefficient (Wildman–Crippen LogP) is 5.89. The Balaban J connectivity index is 1.77. The van der Waals surface area contributed by atoms with Crippen LogP contribution in [0, 0.1) is 17.8 Å². The van der Waals surface area contributed by atoms with E-state index in [1.54, 1.807) is 11.9 Å². The number of rotatable bonds is 15. The number of hydrogen-bond acceptors (Lipinski definition) is 7. The highest BCUT2D eigenvalue weighted by Crippen LogP contribution is 2.35. The van der Waals surface area contributed by atoms with Crippen molar-refractivity contribution in [1.82, 2.24) is 15.2 Å². The van der Waals surface area contributed by atoms with Crippen molar-refractivity contribution in [2.75, 3.05) is 7.05 Å². The van der Waals surface area contributed by atoms with E-state index in [1.807, 2.05) is 13.8 Å². The second-order valence-corrected chi connectivity index (χ2v) is 12.8. The lowest BCUT2D eigenvalue weighted by atomic mass is 9.95. The highest BCUT2D eigenvalue weighted by atomic mass is 32.1. The maximum absolute atomic E-state index is 13.3. The molecule has 2 N–H and O–H groups in total. The van der Waals surface area contributed by atoms with Crippen LogP contribution < -0.4 is 5.32 Å². The summed E-state index contributed by atoms with van der Waals surface area (Å²) in [6.07, 6.45) is -2.30. The summed E-state index contributed by atoms with van der Waals surface area (Å²) in [5, 5.41) is 14.1. The molecule has 0 aliphatic heterocycles. The molecule has 1 saturated carbocycles. The molecule has 242 valence electrons. The molecule has 3 rings (SSSR count). The maximum Gasteiger partial charge on any atom is 0.416 e. The summed E-state index contributed by atoms with van der Waals surface area (Å²) in [4.78, 5) is 55.8. The number of carboxylic acids is 1. The zero-order chi connectivity index (χ0) is 32.8. The first-order chi connectivity index (χ1) is 20.5. The van der Waals surface area contributed by atoms with Crippen molar-refractivity contribution in [2.24, 2.45) is 17.8 Å². The van der Waals surface area contributed by atoms with Gasteiger partial charge in [0.15, 0.2) is 6.10 Å². The van der Waals surface area contributed by atoms with Crippen LogP contribution in [0.25, 0.3) is 0 Å². The number of nitrogens with one attached hydrogen (secondary N) is 1. The first-order valence-corrected chi connectivity index (χ1v) is 15.5. The molecule has 0 radical (unpaired) electrons. The van der Waals surface area contributed by atoms with Gasteiger partial charge in [0.2, 0.25) is 5.91 Å². The number of esters is 1. The number of aliphatic carboxylic acids is 1. The number of hydrogen-bond donors (Lipinski definition) is 2. The Morgan fingerprint density at radius 3 is 2.27 bits per heavy atom. The molecule has 1 heterocycles. The molecule has 1 aromatic heterocycles. The first-order valence-electron chi connectivity index (χ1n) is 14.6. The summed E-state index contributed by atoms with van der Waals surface area (Å²) >= 11 is 1.12. The number of ether oxygens (including phenoxy) is 1. The monoisotopic (exact) mass is 639 g/mol. The van der Waals surface area contributed by atoms with Crippen LogP contribution in [0.3, 0.4) is 0 Å². The number of halogens is 3. The van der Waals surface area contributed by atoms with E-state index in [-0.39, 0.29) is 42.8 Å². The molecule has 0 bridgehead atoms. The number of carbonyl (C=O) groups excluding carboxylic acids is 3. The maximum atomic E-state index is 13.3. The van der Waals surface area contributed by atoms with E-state index in [0.717, 1.165) is 36.3 Å². The molecule has 1 aliphatic carbocycles. The third-order valence-electron chi connectivity index (χ3n) is 7.77. The number of alkyl halides is 3. The number of carbonyl (C=O) groups is 4. The van der Waals surface area contributed by atoms with Crippen molar-refractivity contribution >= 4 is 35.1 Å². The Labute approximate surface area is 259 Å². The van der Waals surface area contributed by atoms with Crippen LogP contribution in [-0.4, -0.2) is 57.9 Å². The molecule has 9 nitrogen and oxygen atoms in total. The number of nitrogens with zero attached hydrogens (tertiary/aromatic N) is 2. The molecular formula is C31H40F3N3O6S. The third-order valence-corrected chi connectivity index (χ3v) is 8.71. The minimum Gasteiger partial charge on any atom is -0.481 e. The van der Waals surface area contributed by atoms with Crippen LogP contribution in [0.1, 0.15) is 92.5 Å². The Bertz CT molecular complexity index is 1310. The van der Waals surface area contributed by atoms with E-state index in [4.69, 9.17) is 4.74 Å². The topological polar surface area (TPSA) is 126 Å². The second-order valence-electron chi connectivity index (χ2n) is 11.9. The summed E-state index contributed by atoms with van der Waals surface area (Å²) in [6.45, 7) is 6.71. The van der Waals surface area contributed by atoms with Gasteiger partial charge in [0.25, 0.3) is 5.91 Å². The average Bonchev–Trinajstić information content (AvgIpc) is 3.60. The van der Waals surface area contributed by atoms with Gasteiger partial charge in [-0.05, 0) is 55.2 Å². The Hall–Kier alpha value is -3.48. The summed E-state index contributed by atoms with van der Waals surface area (Å²) in [5.74, 6) is -2.54. The van der Waals surface area contributed by atoms with E-state index in [9.17, 15) is 37.5 Å². The summed E-state index contributed by atoms with van der Waals surface area (Å²) in [5.41, 5.74) is -0.284. The van der Waals surface area contributed by atoms with Gasteiger partial charge >= 0.3 is 18.1 Å². The number of thiazole rings is 1. The Kier molecular flexibility index (Phi) is 11.9. The van der Waals surface area contributed by atoms with Crippen LogP contribution >= 0.6 is 11.3 Å². The molecule has 1 fully saturated rings. The molecule has 44 heavy (non-hydrogen) atoms. The summed E-state index contributed by atoms with van der Waals surface area (Å²) < 4.78 is 44.6. The Morgan fingerprint density at radius 1 is 1.11 bits per heavy atom. The van der Waals surface area contributed by atoms with Gasteiger partial charge in [-0.2, -0.15) is 13.2 Å². The van der Waals surface area contributed by atoms with E-state index in [1.165, 1.54) is 31.4 Å². The lowest BCUT2D eigenvalue weighted by Crippen LogP contribution is -2.42. The predicted molar refractivity (Wildman–Crippen MR) is 158 cm³/mol. The van der Waals surface area contributed by atoms with Crippen molar-refractivity contribution in [3.8, 4) is 0 Å². The van der Waals surface area contributed by atoms with Gasteiger partial charge in [-0.15, -0.1) is 11.3 Å². The lowest BCUT2D eigenvalue weighted by molar-refractivity contribution is -0.148. The lowest BCUT2D eigenvalue weighted by Gasteiger charge is -2.33. The molecule has 1 aliphatic rings. The van der Waals surface area contributed by atoms with Crippen LogP contribution in [0.2, 0.25) is 0 Å². The summed E-state index contributed by atoms with van der Waals surface area (Å²) in [7, 11) is 1.75. The van der Waals surface area contributed by atoms with Crippen LogP contribution in [0.4, 0.5) is 13.2 Å². The highest BCUT2D eigenvalue weighted by molar-refractivity contribution is 7.09. The van der Waals surface area contributed by atoms with Gasteiger partial charge in [-0.25, -0.2) is 4.98 Å². The van der Waals surface area contributed by atoms with E-state index >= 15 is 0 Å². The molecule has 0 saturated heterocycles. The van der Waals surface area contributed by atoms with Crippen molar-refractivity contribution in [3.05, 3.63) is 51.5 Å². The van der Waals surface area contributed by atoms with Gasteiger partial charge in [0.05, 0.1) is 11.5 Å². The van der Waals surface area contributed by atoms with Crippen molar-refractivity contribution in [3.63, 3.8) is 0 Å². The van der Waals surface area contributed by atoms with Crippen molar-refractivity contribution in [2.45, 2.75) is 90.6 Å². The number of aromatic nitrogens is 1. The smallest absolute Gasteiger partial charge is 0.416 e. The van der Waals surface area contributed by atoms with Crippen LogP contribution in [0.15, 0.2) is 29.6 Å². The van der Waals surface area contributed by atoms with E-state index < -0.39 is 47.6 Å². The molecule has 4 atom stereocenters. The fourth-order valence-electron chi connectivity index (χ4n) is 5.03. The Morgan fingerprint density at radius 2 is 1.75 bits per heavy atom. The fourth-order valence-corrected chi connectivity index (χ4v) is 5.87. The minimum absolute atomic E-state index is 0.0293. The number of amides is 2. The first kappa shape index (κ1) is 35.0. The highest BCUT2D eigenvalue weighted by Gasteiger charge is 2.34. The quantitative estimate of drug-likeness (QED) is 0.233. The van der Waals surface area contributed by atoms with Crippen molar-refractivity contribution < 1.29 is 42.2 Å². The van der Waals surface area contributed by atoms with Crippen LogP contribution in [-0.2, 0) is 31.7 Å². The molecule has 13 heteroatoms.